The molecule has 0 saturated heterocycles. The number of ether oxygens (including phenoxy) is 2. The number of nitrogens with zero attached hydrogens (tertiary/aromatic N) is 1. The molecule has 0 unspecified atom stereocenters. The smallest absolute Gasteiger partial charge is 0.241 e. The number of carbonyl (C=O) groups excluding carboxylic acids is 1. The molecule has 1 aliphatic rings. The first-order valence-corrected chi connectivity index (χ1v) is 9.43. The Bertz CT molecular complexity index is 802. The van der Waals surface area contributed by atoms with Crippen LogP contribution in [-0.2, 0) is 24.2 Å². The highest BCUT2D eigenvalue weighted by Crippen LogP contribution is 2.33. The zero-order chi connectivity index (χ0) is 19.4. The van der Waals surface area contributed by atoms with Crippen molar-refractivity contribution < 1.29 is 14.3 Å². The fourth-order valence-corrected chi connectivity index (χ4v) is 3.47. The van der Waals surface area contributed by atoms with Gasteiger partial charge >= 0.3 is 0 Å². The van der Waals surface area contributed by atoms with Crippen LogP contribution >= 0.6 is 0 Å². The molecular formula is C22H28N2O3. The Balaban J connectivity index is 1.69. The van der Waals surface area contributed by atoms with Crippen molar-refractivity contribution in [1.82, 2.24) is 4.90 Å². The van der Waals surface area contributed by atoms with E-state index >= 15 is 0 Å². The molecule has 3 rings (SSSR count). The standard InChI is InChI=1S/C22H28N2O3/c1-5-16-6-8-19(9-7-16)23-22(25)15(2)24-11-10-17-12-20(26-3)21(27-4)13-18(17)14-24/h6-9,12-13,15H,5,10-11,14H2,1-4H3,(H,23,25)/t15-/m1/s1. The summed E-state index contributed by atoms with van der Waals surface area (Å²) in [6.45, 7) is 5.64. The molecule has 0 spiro atoms. The summed E-state index contributed by atoms with van der Waals surface area (Å²) in [6, 6.07) is 11.9. The topological polar surface area (TPSA) is 50.8 Å². The molecule has 0 radical (unpaired) electrons. The number of amides is 1. The number of fused-ring (bicyclic) bond motifs is 1. The van der Waals surface area contributed by atoms with Crippen molar-refractivity contribution in [3.05, 3.63) is 53.1 Å². The van der Waals surface area contributed by atoms with Gasteiger partial charge in [0.15, 0.2) is 11.5 Å². The molecule has 27 heavy (non-hydrogen) atoms. The highest BCUT2D eigenvalue weighted by molar-refractivity contribution is 5.94. The maximum absolute atomic E-state index is 12.7. The van der Waals surface area contributed by atoms with Gasteiger partial charge in [0.1, 0.15) is 0 Å². The average molecular weight is 368 g/mol. The van der Waals surface area contributed by atoms with Crippen LogP contribution < -0.4 is 14.8 Å². The molecule has 144 valence electrons. The minimum absolute atomic E-state index is 0.0168. The molecule has 5 nitrogen and oxygen atoms in total. The first-order valence-electron chi connectivity index (χ1n) is 9.43. The van der Waals surface area contributed by atoms with E-state index in [4.69, 9.17) is 9.47 Å². The Morgan fingerprint density at radius 3 is 2.33 bits per heavy atom. The normalized spacial score (nSPS) is 15.0. The first-order chi connectivity index (χ1) is 13.0. The maximum Gasteiger partial charge on any atom is 0.241 e. The maximum atomic E-state index is 12.7. The van der Waals surface area contributed by atoms with E-state index in [0.717, 1.165) is 43.1 Å². The summed E-state index contributed by atoms with van der Waals surface area (Å²) in [5.74, 6) is 1.50. The molecule has 1 N–H and O–H groups in total. The van der Waals surface area contributed by atoms with Crippen LogP contribution in [0.3, 0.4) is 0 Å². The summed E-state index contributed by atoms with van der Waals surface area (Å²) in [6.07, 6.45) is 1.88. The highest BCUT2D eigenvalue weighted by Gasteiger charge is 2.26. The van der Waals surface area contributed by atoms with Crippen LogP contribution in [0.5, 0.6) is 11.5 Å². The Kier molecular flexibility index (Phi) is 6.01. The van der Waals surface area contributed by atoms with Crippen LogP contribution in [-0.4, -0.2) is 37.6 Å². The summed E-state index contributed by atoms with van der Waals surface area (Å²) >= 11 is 0. The van der Waals surface area contributed by atoms with Crippen molar-refractivity contribution in [2.45, 2.75) is 39.3 Å². The number of aryl methyl sites for hydroxylation is 1. The quantitative estimate of drug-likeness (QED) is 0.846. The molecule has 1 atom stereocenters. The van der Waals surface area contributed by atoms with Crippen molar-refractivity contribution in [3.8, 4) is 11.5 Å². The van der Waals surface area contributed by atoms with Crippen LogP contribution in [0.1, 0.15) is 30.5 Å². The van der Waals surface area contributed by atoms with Crippen molar-refractivity contribution in [2.24, 2.45) is 0 Å². The molecule has 0 aromatic heterocycles. The van der Waals surface area contributed by atoms with Gasteiger partial charge < -0.3 is 14.8 Å². The molecule has 1 aliphatic heterocycles. The van der Waals surface area contributed by atoms with E-state index in [1.165, 1.54) is 16.7 Å². The third-order valence-corrected chi connectivity index (χ3v) is 5.30. The molecule has 5 heteroatoms. The molecule has 1 heterocycles. The monoisotopic (exact) mass is 368 g/mol. The number of anilines is 1. The largest absolute Gasteiger partial charge is 0.493 e. The number of rotatable bonds is 6. The van der Waals surface area contributed by atoms with Crippen molar-refractivity contribution >= 4 is 11.6 Å². The zero-order valence-electron chi connectivity index (χ0n) is 16.5. The summed E-state index contributed by atoms with van der Waals surface area (Å²) < 4.78 is 10.8. The van der Waals surface area contributed by atoms with Gasteiger partial charge in [-0.15, -0.1) is 0 Å². The van der Waals surface area contributed by atoms with Crippen LogP contribution in [0, 0.1) is 0 Å². The minimum atomic E-state index is -0.211. The van der Waals surface area contributed by atoms with Gasteiger partial charge in [0, 0.05) is 18.8 Å². The van der Waals surface area contributed by atoms with Crippen molar-refractivity contribution in [2.75, 3.05) is 26.1 Å². The Labute approximate surface area is 161 Å². The van der Waals surface area contributed by atoms with Gasteiger partial charge in [-0.25, -0.2) is 0 Å². The summed E-state index contributed by atoms with van der Waals surface area (Å²) in [4.78, 5) is 14.9. The number of benzene rings is 2. The van der Waals surface area contributed by atoms with E-state index in [-0.39, 0.29) is 11.9 Å². The molecule has 0 bridgehead atoms. The summed E-state index contributed by atoms with van der Waals surface area (Å²) in [5.41, 5.74) is 4.54. The van der Waals surface area contributed by atoms with Crippen LogP contribution in [0.25, 0.3) is 0 Å². The lowest BCUT2D eigenvalue weighted by Crippen LogP contribution is -2.44. The Morgan fingerprint density at radius 1 is 1.11 bits per heavy atom. The van der Waals surface area contributed by atoms with Crippen LogP contribution in [0.4, 0.5) is 5.69 Å². The van der Waals surface area contributed by atoms with Gasteiger partial charge in [-0.2, -0.15) is 0 Å². The molecule has 2 aromatic rings. The number of carbonyl (C=O) groups is 1. The molecule has 2 aromatic carbocycles. The molecule has 0 saturated carbocycles. The first kappa shape index (κ1) is 19.2. The summed E-state index contributed by atoms with van der Waals surface area (Å²) in [7, 11) is 3.30. The fraction of sp³-hybridized carbons (Fsp3) is 0.409. The Morgan fingerprint density at radius 2 is 1.74 bits per heavy atom. The van der Waals surface area contributed by atoms with Gasteiger partial charge in [0.05, 0.1) is 20.3 Å². The minimum Gasteiger partial charge on any atom is -0.493 e. The third kappa shape index (κ3) is 4.25. The van der Waals surface area contributed by atoms with E-state index in [2.05, 4.69) is 29.3 Å². The third-order valence-electron chi connectivity index (χ3n) is 5.30. The summed E-state index contributed by atoms with van der Waals surface area (Å²) in [5, 5.41) is 3.03. The van der Waals surface area contributed by atoms with Crippen LogP contribution in [0.2, 0.25) is 0 Å². The predicted octanol–water partition coefficient (Wildman–Crippen LogP) is 3.65. The molecule has 0 aliphatic carbocycles. The predicted molar refractivity (Wildman–Crippen MR) is 108 cm³/mol. The SMILES string of the molecule is CCc1ccc(NC(=O)[C@@H](C)N2CCc3cc(OC)c(OC)cc3C2)cc1. The van der Waals surface area contributed by atoms with E-state index < -0.39 is 0 Å². The van der Waals surface area contributed by atoms with E-state index in [0.29, 0.717) is 0 Å². The second-order valence-corrected chi connectivity index (χ2v) is 6.91. The number of nitrogens with one attached hydrogen (secondary N) is 1. The van der Waals surface area contributed by atoms with Gasteiger partial charge in [-0.1, -0.05) is 19.1 Å². The van der Waals surface area contributed by atoms with Crippen molar-refractivity contribution in [1.29, 1.82) is 0 Å². The zero-order valence-corrected chi connectivity index (χ0v) is 16.5. The highest BCUT2D eigenvalue weighted by atomic mass is 16.5. The van der Waals surface area contributed by atoms with Gasteiger partial charge in [-0.3, -0.25) is 9.69 Å². The number of methoxy groups -OCH3 is 2. The lowest BCUT2D eigenvalue weighted by Gasteiger charge is -2.33. The lowest BCUT2D eigenvalue weighted by atomic mass is 9.97. The Hall–Kier alpha value is -2.53. The van der Waals surface area contributed by atoms with Crippen molar-refractivity contribution in [3.63, 3.8) is 0 Å². The van der Waals surface area contributed by atoms with Gasteiger partial charge in [0.2, 0.25) is 5.91 Å². The van der Waals surface area contributed by atoms with Crippen LogP contribution in [0.15, 0.2) is 36.4 Å². The number of hydrogen-bond donors (Lipinski definition) is 1. The van der Waals surface area contributed by atoms with E-state index in [1.807, 2.05) is 31.2 Å². The average Bonchev–Trinajstić information content (AvgIpc) is 2.72. The van der Waals surface area contributed by atoms with E-state index in [1.54, 1.807) is 14.2 Å². The second-order valence-electron chi connectivity index (χ2n) is 6.91. The fourth-order valence-electron chi connectivity index (χ4n) is 3.47. The molecule has 0 fully saturated rings. The second kappa shape index (κ2) is 8.44. The molecule has 1 amide bonds. The lowest BCUT2D eigenvalue weighted by molar-refractivity contribution is -0.121. The number of hydrogen-bond acceptors (Lipinski definition) is 4. The van der Waals surface area contributed by atoms with E-state index in [9.17, 15) is 4.79 Å². The van der Waals surface area contributed by atoms with Gasteiger partial charge in [-0.05, 0) is 60.7 Å². The van der Waals surface area contributed by atoms with Gasteiger partial charge in [0.25, 0.3) is 0 Å². The molecular weight excluding hydrogens is 340 g/mol.